The van der Waals surface area contributed by atoms with Gasteiger partial charge in [-0.15, -0.1) is 0 Å². The maximum atomic E-state index is 11.9. The lowest BCUT2D eigenvalue weighted by atomic mass is 10.1. The second-order valence-electron chi connectivity index (χ2n) is 4.92. The molecule has 0 saturated carbocycles. The molecule has 3 amide bonds. The number of carbonyl (C=O) groups excluding carboxylic acids is 3. The molecule has 124 valence electrons. The summed E-state index contributed by atoms with van der Waals surface area (Å²) in [5.74, 6) is -1.24. The summed E-state index contributed by atoms with van der Waals surface area (Å²) in [6.07, 6.45) is 0.192. The van der Waals surface area contributed by atoms with Crippen molar-refractivity contribution in [1.82, 2.24) is 16.2 Å². The summed E-state index contributed by atoms with van der Waals surface area (Å²) in [5, 5.41) is 2.49. The fourth-order valence-corrected chi connectivity index (χ4v) is 2.37. The molecule has 0 radical (unpaired) electrons. The predicted octanol–water partition coefficient (Wildman–Crippen LogP) is 1.57. The highest BCUT2D eigenvalue weighted by atomic mass is 79.9. The average molecular weight is 390 g/mol. The second-order valence-corrected chi connectivity index (χ2v) is 5.78. The molecule has 0 spiro atoms. The molecular weight excluding hydrogens is 374 g/mol. The average Bonchev–Trinajstić information content (AvgIpc) is 2.59. The number of halogens is 1. The van der Waals surface area contributed by atoms with Crippen molar-refractivity contribution < 1.29 is 14.4 Å². The molecule has 0 unspecified atom stereocenters. The van der Waals surface area contributed by atoms with E-state index in [0.29, 0.717) is 10.0 Å². The van der Waals surface area contributed by atoms with Gasteiger partial charge in [-0.3, -0.25) is 25.2 Å². The SMILES string of the molecule is O=C(Cc1ccccc1)NCC(=O)NNC(=O)c1ccccc1Br. The first kappa shape index (κ1) is 17.7. The minimum Gasteiger partial charge on any atom is -0.347 e. The summed E-state index contributed by atoms with van der Waals surface area (Å²) in [5.41, 5.74) is 5.80. The van der Waals surface area contributed by atoms with Gasteiger partial charge in [0, 0.05) is 4.47 Å². The summed E-state index contributed by atoms with van der Waals surface area (Å²) in [4.78, 5) is 35.3. The monoisotopic (exact) mass is 389 g/mol. The van der Waals surface area contributed by atoms with Gasteiger partial charge in [0.2, 0.25) is 5.91 Å². The van der Waals surface area contributed by atoms with Crippen molar-refractivity contribution >= 4 is 33.7 Å². The van der Waals surface area contributed by atoms with E-state index in [1.807, 2.05) is 30.3 Å². The minimum absolute atomic E-state index is 0.192. The van der Waals surface area contributed by atoms with Gasteiger partial charge in [0.15, 0.2) is 0 Å². The quantitative estimate of drug-likeness (QED) is 0.678. The Morgan fingerprint density at radius 3 is 2.21 bits per heavy atom. The molecular formula is C17H16BrN3O3. The van der Waals surface area contributed by atoms with E-state index < -0.39 is 11.8 Å². The van der Waals surface area contributed by atoms with Crippen molar-refractivity contribution in [3.63, 3.8) is 0 Å². The molecule has 2 rings (SSSR count). The molecule has 2 aromatic rings. The summed E-state index contributed by atoms with van der Waals surface area (Å²) < 4.78 is 0.618. The first-order valence-electron chi connectivity index (χ1n) is 7.20. The van der Waals surface area contributed by atoms with Crippen molar-refractivity contribution in [2.45, 2.75) is 6.42 Å². The maximum absolute atomic E-state index is 11.9. The molecule has 2 aromatic carbocycles. The largest absolute Gasteiger partial charge is 0.347 e. The number of hydrogen-bond donors (Lipinski definition) is 3. The molecule has 7 heteroatoms. The van der Waals surface area contributed by atoms with Crippen LogP contribution in [-0.4, -0.2) is 24.3 Å². The molecule has 6 nitrogen and oxygen atoms in total. The van der Waals surface area contributed by atoms with Crippen LogP contribution < -0.4 is 16.2 Å². The third-order valence-electron chi connectivity index (χ3n) is 3.09. The molecule has 0 heterocycles. The van der Waals surface area contributed by atoms with Gasteiger partial charge in [-0.25, -0.2) is 0 Å². The molecule has 0 atom stereocenters. The van der Waals surface area contributed by atoms with E-state index in [2.05, 4.69) is 32.1 Å². The Balaban J connectivity index is 1.72. The number of hydrogen-bond acceptors (Lipinski definition) is 3. The van der Waals surface area contributed by atoms with Gasteiger partial charge in [-0.2, -0.15) is 0 Å². The van der Waals surface area contributed by atoms with E-state index in [-0.39, 0.29) is 18.9 Å². The van der Waals surface area contributed by atoms with Crippen molar-refractivity contribution in [1.29, 1.82) is 0 Å². The molecule has 0 aliphatic carbocycles. The number of carbonyl (C=O) groups is 3. The topological polar surface area (TPSA) is 87.3 Å². The van der Waals surface area contributed by atoms with Crippen LogP contribution in [0.1, 0.15) is 15.9 Å². The van der Waals surface area contributed by atoms with Gasteiger partial charge < -0.3 is 5.32 Å². The minimum atomic E-state index is -0.517. The zero-order valence-corrected chi connectivity index (χ0v) is 14.3. The smallest absolute Gasteiger partial charge is 0.270 e. The summed E-state index contributed by atoms with van der Waals surface area (Å²) >= 11 is 3.25. The normalized spacial score (nSPS) is 9.88. The molecule has 0 saturated heterocycles. The molecule has 0 aliphatic heterocycles. The van der Waals surface area contributed by atoms with Crippen LogP contribution in [0, 0.1) is 0 Å². The third kappa shape index (κ3) is 5.51. The van der Waals surface area contributed by atoms with E-state index in [1.54, 1.807) is 24.3 Å². The summed E-state index contributed by atoms with van der Waals surface area (Å²) in [7, 11) is 0. The van der Waals surface area contributed by atoms with Gasteiger partial charge in [-0.05, 0) is 33.6 Å². The van der Waals surface area contributed by atoms with Crippen LogP contribution >= 0.6 is 15.9 Å². The Bertz CT molecular complexity index is 735. The van der Waals surface area contributed by atoms with E-state index in [4.69, 9.17) is 0 Å². The number of amides is 3. The van der Waals surface area contributed by atoms with Crippen molar-refractivity contribution in [2.24, 2.45) is 0 Å². The Morgan fingerprint density at radius 1 is 0.833 bits per heavy atom. The molecule has 0 fully saturated rings. The van der Waals surface area contributed by atoms with Gasteiger partial charge in [-0.1, -0.05) is 42.5 Å². The van der Waals surface area contributed by atoms with Gasteiger partial charge in [0.1, 0.15) is 0 Å². The molecule has 24 heavy (non-hydrogen) atoms. The van der Waals surface area contributed by atoms with Crippen molar-refractivity contribution in [3.05, 3.63) is 70.2 Å². The number of hydrazine groups is 1. The first-order chi connectivity index (χ1) is 11.6. The Labute approximate surface area is 147 Å². The van der Waals surface area contributed by atoms with Crippen molar-refractivity contribution in [2.75, 3.05) is 6.54 Å². The second kappa shape index (κ2) is 8.83. The zero-order chi connectivity index (χ0) is 17.4. The standard InChI is InChI=1S/C17H16BrN3O3/c18-14-9-5-4-8-13(14)17(24)21-20-16(23)11-19-15(22)10-12-6-2-1-3-7-12/h1-9H,10-11H2,(H,19,22)(H,20,23)(H,21,24). The molecule has 0 bridgehead atoms. The summed E-state index contributed by atoms with van der Waals surface area (Å²) in [6.45, 7) is -0.220. The van der Waals surface area contributed by atoms with E-state index in [9.17, 15) is 14.4 Å². The van der Waals surface area contributed by atoms with E-state index >= 15 is 0 Å². The lowest BCUT2D eigenvalue weighted by Gasteiger charge is -2.09. The molecule has 0 aromatic heterocycles. The van der Waals surface area contributed by atoms with Gasteiger partial charge >= 0.3 is 0 Å². The fourth-order valence-electron chi connectivity index (χ4n) is 1.91. The Morgan fingerprint density at radius 2 is 1.50 bits per heavy atom. The van der Waals surface area contributed by atoms with E-state index in [0.717, 1.165) is 5.56 Å². The lowest BCUT2D eigenvalue weighted by Crippen LogP contribution is -2.46. The maximum Gasteiger partial charge on any atom is 0.270 e. The van der Waals surface area contributed by atoms with Gasteiger partial charge in [0.25, 0.3) is 11.8 Å². The Kier molecular flexibility index (Phi) is 6.51. The number of rotatable bonds is 5. The van der Waals surface area contributed by atoms with Crippen LogP contribution in [0.15, 0.2) is 59.1 Å². The fraction of sp³-hybridized carbons (Fsp3) is 0.118. The molecule has 3 N–H and O–H groups in total. The first-order valence-corrected chi connectivity index (χ1v) is 8.00. The van der Waals surface area contributed by atoms with Crippen molar-refractivity contribution in [3.8, 4) is 0 Å². The zero-order valence-electron chi connectivity index (χ0n) is 12.7. The van der Waals surface area contributed by atoms with Crippen LogP contribution in [0.3, 0.4) is 0 Å². The lowest BCUT2D eigenvalue weighted by molar-refractivity contribution is -0.126. The highest BCUT2D eigenvalue weighted by Gasteiger charge is 2.11. The number of benzene rings is 2. The van der Waals surface area contributed by atoms with Crippen LogP contribution in [0.4, 0.5) is 0 Å². The third-order valence-corrected chi connectivity index (χ3v) is 3.78. The van der Waals surface area contributed by atoms with E-state index in [1.165, 1.54) is 0 Å². The predicted molar refractivity (Wildman–Crippen MR) is 92.9 cm³/mol. The highest BCUT2D eigenvalue weighted by Crippen LogP contribution is 2.14. The van der Waals surface area contributed by atoms with Gasteiger partial charge in [0.05, 0.1) is 18.5 Å². The van der Waals surface area contributed by atoms with Crippen LogP contribution in [0.5, 0.6) is 0 Å². The Hall–Kier alpha value is -2.67. The number of nitrogens with one attached hydrogen (secondary N) is 3. The van der Waals surface area contributed by atoms with Crippen LogP contribution in [0.2, 0.25) is 0 Å². The van der Waals surface area contributed by atoms with Crippen LogP contribution in [0.25, 0.3) is 0 Å². The summed E-state index contributed by atoms with van der Waals surface area (Å²) in [6, 6.07) is 16.0. The molecule has 0 aliphatic rings. The van der Waals surface area contributed by atoms with Crippen LogP contribution in [-0.2, 0) is 16.0 Å². The highest BCUT2D eigenvalue weighted by molar-refractivity contribution is 9.10.